The van der Waals surface area contributed by atoms with Crippen molar-refractivity contribution in [2.24, 2.45) is 18.5 Å². The maximum Gasteiger partial charge on any atom is 0.177 e. The Bertz CT molecular complexity index is 1180. The lowest BCUT2D eigenvalue weighted by molar-refractivity contribution is 0.589. The molecule has 0 atom stereocenters. The number of aromatic nitrogens is 2. The summed E-state index contributed by atoms with van der Waals surface area (Å²) in [5.74, 6) is 2.09. The Balaban J connectivity index is 1.73. The van der Waals surface area contributed by atoms with Gasteiger partial charge in [0.15, 0.2) is 11.6 Å². The molecule has 7 nitrogen and oxygen atoms in total. The minimum Gasteiger partial charge on any atom is -0.453 e. The lowest BCUT2D eigenvalue weighted by Crippen LogP contribution is -2.10. The third kappa shape index (κ3) is 2.85. The topological polar surface area (TPSA) is 131 Å². The van der Waals surface area contributed by atoms with Gasteiger partial charge in [-0.15, -0.1) is 0 Å². The highest BCUT2D eigenvalue weighted by atomic mass is 16.3. The van der Waals surface area contributed by atoms with Crippen LogP contribution in [0.1, 0.15) is 11.1 Å². The molecule has 0 spiro atoms. The zero-order valence-electron chi connectivity index (χ0n) is 14.7. The number of nitrogens with one attached hydrogen (secondary N) is 2. The molecule has 0 saturated heterocycles. The highest BCUT2D eigenvalue weighted by molar-refractivity contribution is 5.98. The van der Waals surface area contributed by atoms with Crippen LogP contribution in [0.3, 0.4) is 0 Å². The maximum atomic E-state index is 7.58. The van der Waals surface area contributed by atoms with E-state index in [2.05, 4.69) is 4.98 Å². The molecule has 2 heterocycles. The second-order valence-corrected chi connectivity index (χ2v) is 6.27. The van der Waals surface area contributed by atoms with E-state index in [4.69, 9.17) is 26.7 Å². The Morgan fingerprint density at radius 3 is 2.19 bits per heavy atom. The van der Waals surface area contributed by atoms with Crippen LogP contribution in [0.15, 0.2) is 59.0 Å². The quantitative estimate of drug-likeness (QED) is 0.330. The molecule has 0 amide bonds. The molecule has 0 radical (unpaired) electrons. The van der Waals surface area contributed by atoms with Gasteiger partial charge in [-0.25, -0.2) is 4.98 Å². The Labute approximate surface area is 155 Å². The number of nitrogens with two attached hydrogens (primary N) is 2. The molecule has 0 aliphatic carbocycles. The molecular formula is C20H18N6O. The molecule has 0 aliphatic rings. The van der Waals surface area contributed by atoms with E-state index in [9.17, 15) is 0 Å². The first-order valence-corrected chi connectivity index (χ1v) is 8.30. The van der Waals surface area contributed by atoms with Crippen LogP contribution in [0.25, 0.3) is 33.9 Å². The van der Waals surface area contributed by atoms with Crippen LogP contribution in [0.5, 0.6) is 0 Å². The fraction of sp³-hybridized carbons (Fsp3) is 0.0500. The summed E-state index contributed by atoms with van der Waals surface area (Å²) in [4.78, 5) is 4.64. The zero-order valence-corrected chi connectivity index (χ0v) is 14.7. The zero-order chi connectivity index (χ0) is 19.1. The average Bonchev–Trinajstić information content (AvgIpc) is 3.26. The van der Waals surface area contributed by atoms with E-state index in [0.717, 1.165) is 16.6 Å². The third-order valence-electron chi connectivity index (χ3n) is 4.50. The van der Waals surface area contributed by atoms with E-state index >= 15 is 0 Å². The van der Waals surface area contributed by atoms with Gasteiger partial charge in [0.05, 0.1) is 11.0 Å². The summed E-state index contributed by atoms with van der Waals surface area (Å²) in [5, 5.41) is 15.0. The van der Waals surface area contributed by atoms with Crippen LogP contribution in [0.4, 0.5) is 0 Å². The molecule has 4 rings (SSSR count). The number of imidazole rings is 1. The molecule has 0 unspecified atom stereocenters. The van der Waals surface area contributed by atoms with Gasteiger partial charge in [-0.3, -0.25) is 10.8 Å². The number of nitrogens with zero attached hydrogens (tertiary/aromatic N) is 2. The number of amidine groups is 2. The van der Waals surface area contributed by atoms with Crippen molar-refractivity contribution in [3.63, 3.8) is 0 Å². The van der Waals surface area contributed by atoms with Crippen LogP contribution in [-0.4, -0.2) is 21.2 Å². The summed E-state index contributed by atoms with van der Waals surface area (Å²) < 4.78 is 7.95. The summed E-state index contributed by atoms with van der Waals surface area (Å²) >= 11 is 0. The first-order valence-electron chi connectivity index (χ1n) is 8.30. The van der Waals surface area contributed by atoms with Crippen molar-refractivity contribution in [1.82, 2.24) is 9.55 Å². The minimum atomic E-state index is 0.0124. The van der Waals surface area contributed by atoms with Crippen molar-refractivity contribution in [3.8, 4) is 22.9 Å². The van der Waals surface area contributed by atoms with Gasteiger partial charge in [0.2, 0.25) is 0 Å². The van der Waals surface area contributed by atoms with Crippen molar-refractivity contribution < 1.29 is 4.42 Å². The highest BCUT2D eigenvalue weighted by Crippen LogP contribution is 2.30. The third-order valence-corrected chi connectivity index (χ3v) is 4.50. The normalized spacial score (nSPS) is 11.0. The molecule has 0 bridgehead atoms. The molecule has 0 fully saturated rings. The summed E-state index contributed by atoms with van der Waals surface area (Å²) in [7, 11) is 1.92. The number of hydrogen-bond acceptors (Lipinski definition) is 4. The van der Waals surface area contributed by atoms with E-state index in [-0.39, 0.29) is 11.7 Å². The van der Waals surface area contributed by atoms with Gasteiger partial charge in [-0.2, -0.15) is 0 Å². The second-order valence-electron chi connectivity index (χ2n) is 6.27. The van der Waals surface area contributed by atoms with E-state index < -0.39 is 0 Å². The van der Waals surface area contributed by atoms with Crippen molar-refractivity contribution in [1.29, 1.82) is 10.8 Å². The molecule has 0 saturated carbocycles. The van der Waals surface area contributed by atoms with Crippen LogP contribution in [0.2, 0.25) is 0 Å². The molecule has 2 aromatic carbocycles. The smallest absolute Gasteiger partial charge is 0.177 e. The van der Waals surface area contributed by atoms with E-state index in [0.29, 0.717) is 28.5 Å². The van der Waals surface area contributed by atoms with Crippen LogP contribution in [-0.2, 0) is 7.05 Å². The van der Waals surface area contributed by atoms with Crippen LogP contribution >= 0.6 is 0 Å². The Hall–Kier alpha value is -3.87. The number of fused-ring (bicyclic) bond motifs is 1. The number of hydrogen-bond donors (Lipinski definition) is 4. The SMILES string of the molecule is Cn1c(-c2ccc(-c3ccc(C(=N)N)cc3)o2)nc2cc(C(=N)N)ccc21. The van der Waals surface area contributed by atoms with Crippen LogP contribution < -0.4 is 11.5 Å². The molecule has 4 aromatic rings. The van der Waals surface area contributed by atoms with Crippen molar-refractivity contribution in [3.05, 3.63) is 65.7 Å². The van der Waals surface area contributed by atoms with Gasteiger partial charge in [-0.05, 0) is 30.3 Å². The highest BCUT2D eigenvalue weighted by Gasteiger charge is 2.15. The Kier molecular flexibility index (Phi) is 3.77. The summed E-state index contributed by atoms with van der Waals surface area (Å²) in [5.41, 5.74) is 14.9. The fourth-order valence-electron chi connectivity index (χ4n) is 3.01. The number of furan rings is 1. The predicted molar refractivity (Wildman–Crippen MR) is 106 cm³/mol. The summed E-state index contributed by atoms with van der Waals surface area (Å²) in [6.45, 7) is 0. The Morgan fingerprint density at radius 2 is 1.52 bits per heavy atom. The lowest BCUT2D eigenvalue weighted by Gasteiger charge is -2.01. The molecular weight excluding hydrogens is 340 g/mol. The predicted octanol–water partition coefficient (Wildman–Crippen LogP) is 3.07. The molecule has 7 heteroatoms. The van der Waals surface area contributed by atoms with Crippen molar-refractivity contribution in [2.45, 2.75) is 0 Å². The number of aryl methyl sites for hydroxylation is 1. The van der Waals surface area contributed by atoms with E-state index in [1.807, 2.05) is 41.9 Å². The minimum absolute atomic E-state index is 0.0124. The number of nitrogen functional groups attached to an aromatic ring is 2. The molecule has 6 N–H and O–H groups in total. The average molecular weight is 358 g/mol. The molecule has 27 heavy (non-hydrogen) atoms. The second kappa shape index (κ2) is 6.14. The maximum absolute atomic E-state index is 7.58. The van der Waals surface area contributed by atoms with Crippen molar-refractivity contribution >= 4 is 22.7 Å². The molecule has 0 aliphatic heterocycles. The first kappa shape index (κ1) is 16.6. The van der Waals surface area contributed by atoms with E-state index in [1.54, 1.807) is 24.3 Å². The lowest BCUT2D eigenvalue weighted by atomic mass is 10.1. The largest absolute Gasteiger partial charge is 0.453 e. The van der Waals surface area contributed by atoms with Gasteiger partial charge < -0.3 is 20.5 Å². The van der Waals surface area contributed by atoms with Gasteiger partial charge in [0.25, 0.3) is 0 Å². The monoisotopic (exact) mass is 358 g/mol. The van der Waals surface area contributed by atoms with Gasteiger partial charge >= 0.3 is 0 Å². The standard InChI is InChI=1S/C20H18N6O/c1-26-15-7-6-13(19(23)24)10-14(15)25-20(26)17-9-8-16(27-17)11-2-4-12(5-3-11)18(21)22/h2-10H,1H3,(H3,21,22)(H3,23,24). The summed E-state index contributed by atoms with van der Waals surface area (Å²) in [6.07, 6.45) is 0. The van der Waals surface area contributed by atoms with Crippen LogP contribution in [0, 0.1) is 10.8 Å². The number of rotatable bonds is 4. The molecule has 134 valence electrons. The number of benzene rings is 2. The summed E-state index contributed by atoms with van der Waals surface area (Å²) in [6, 6.07) is 16.6. The van der Waals surface area contributed by atoms with Gasteiger partial charge in [0.1, 0.15) is 17.4 Å². The Morgan fingerprint density at radius 1 is 0.889 bits per heavy atom. The van der Waals surface area contributed by atoms with Gasteiger partial charge in [-0.1, -0.05) is 24.3 Å². The first-order chi connectivity index (χ1) is 12.9. The van der Waals surface area contributed by atoms with Crippen molar-refractivity contribution in [2.75, 3.05) is 0 Å². The van der Waals surface area contributed by atoms with E-state index in [1.165, 1.54) is 0 Å². The fourth-order valence-corrected chi connectivity index (χ4v) is 3.01. The van der Waals surface area contributed by atoms with Gasteiger partial charge in [0, 0.05) is 23.7 Å². The molecule has 2 aromatic heterocycles.